The molecule has 1 aromatic carbocycles. The van der Waals surface area contributed by atoms with E-state index in [-0.39, 0.29) is 31.3 Å². The molecule has 0 aromatic heterocycles. The molecule has 1 saturated heterocycles. The molecule has 1 aliphatic carbocycles. The number of amides is 4. The van der Waals surface area contributed by atoms with E-state index in [1.165, 1.54) is 24.1 Å². The fourth-order valence-electron chi connectivity index (χ4n) is 3.76. The van der Waals surface area contributed by atoms with Crippen LogP contribution < -0.4 is 5.32 Å². The molecule has 0 unspecified atom stereocenters. The van der Waals surface area contributed by atoms with Crippen molar-refractivity contribution in [3.8, 4) is 0 Å². The van der Waals surface area contributed by atoms with Gasteiger partial charge < -0.3 is 10.2 Å². The lowest BCUT2D eigenvalue weighted by Crippen LogP contribution is -2.44. The first-order valence-electron chi connectivity index (χ1n) is 9.17. The van der Waals surface area contributed by atoms with Gasteiger partial charge >= 0.3 is 12.2 Å². The summed E-state index contributed by atoms with van der Waals surface area (Å²) in [5.41, 5.74) is -0.986. The van der Waals surface area contributed by atoms with E-state index >= 15 is 0 Å². The lowest BCUT2D eigenvalue weighted by molar-refractivity contribution is -0.138. The highest BCUT2D eigenvalue weighted by Crippen LogP contribution is 2.35. The number of nitrogens with zero attached hydrogens (tertiary/aromatic N) is 2. The van der Waals surface area contributed by atoms with Crippen LogP contribution in [0.3, 0.4) is 0 Å². The molecule has 0 radical (unpaired) electrons. The zero-order valence-corrected chi connectivity index (χ0v) is 15.5. The third kappa shape index (κ3) is 3.98. The minimum Gasteiger partial charge on any atom is -0.341 e. The molecule has 1 N–H and O–H groups in total. The van der Waals surface area contributed by atoms with Crippen molar-refractivity contribution in [3.63, 3.8) is 0 Å². The van der Waals surface area contributed by atoms with Gasteiger partial charge in [0.2, 0.25) is 5.91 Å². The summed E-state index contributed by atoms with van der Waals surface area (Å²) in [7, 11) is 1.53. The van der Waals surface area contributed by atoms with Crippen LogP contribution in [-0.4, -0.2) is 46.8 Å². The van der Waals surface area contributed by atoms with Crippen molar-refractivity contribution in [2.45, 2.75) is 50.4 Å². The Balaban J connectivity index is 1.53. The van der Waals surface area contributed by atoms with Gasteiger partial charge in [0, 0.05) is 26.6 Å². The number of benzene rings is 1. The van der Waals surface area contributed by atoms with E-state index < -0.39 is 23.3 Å². The van der Waals surface area contributed by atoms with Crippen molar-refractivity contribution in [1.82, 2.24) is 15.1 Å². The predicted molar refractivity (Wildman–Crippen MR) is 94.0 cm³/mol. The number of rotatable bonds is 5. The van der Waals surface area contributed by atoms with Gasteiger partial charge in [0.1, 0.15) is 5.54 Å². The predicted octanol–water partition coefficient (Wildman–Crippen LogP) is 2.92. The molecule has 1 spiro atoms. The summed E-state index contributed by atoms with van der Waals surface area (Å²) in [5, 5.41) is 2.76. The number of hydrogen-bond donors (Lipinski definition) is 1. The van der Waals surface area contributed by atoms with Gasteiger partial charge in [-0.3, -0.25) is 14.5 Å². The van der Waals surface area contributed by atoms with Gasteiger partial charge in [0.25, 0.3) is 5.91 Å². The van der Waals surface area contributed by atoms with Gasteiger partial charge in [0.05, 0.1) is 5.56 Å². The monoisotopic (exact) mass is 397 g/mol. The normalized spacial score (nSPS) is 18.6. The van der Waals surface area contributed by atoms with Gasteiger partial charge in [-0.05, 0) is 30.5 Å². The highest BCUT2D eigenvalue weighted by Gasteiger charge is 2.52. The molecule has 9 heteroatoms. The molecule has 1 heterocycles. The molecule has 1 aliphatic heterocycles. The van der Waals surface area contributed by atoms with Gasteiger partial charge in [0.15, 0.2) is 0 Å². The van der Waals surface area contributed by atoms with E-state index in [1.807, 2.05) is 0 Å². The Bertz CT molecular complexity index is 771. The average Bonchev–Trinajstić information content (AvgIpc) is 3.18. The number of nitrogens with one attached hydrogen (secondary N) is 1. The third-order valence-electron chi connectivity index (χ3n) is 5.38. The number of alkyl halides is 3. The smallest absolute Gasteiger partial charge is 0.341 e. The number of halogens is 3. The number of hydrogen-bond acceptors (Lipinski definition) is 3. The summed E-state index contributed by atoms with van der Waals surface area (Å²) in [5.74, 6) is -0.568. The Morgan fingerprint density at radius 2 is 1.79 bits per heavy atom. The van der Waals surface area contributed by atoms with Crippen LogP contribution in [0, 0.1) is 0 Å². The number of carbonyl (C=O) groups is 3. The second-order valence-electron chi connectivity index (χ2n) is 7.37. The maximum atomic E-state index is 12.6. The first-order valence-corrected chi connectivity index (χ1v) is 9.17. The van der Waals surface area contributed by atoms with Gasteiger partial charge in [-0.15, -0.1) is 0 Å². The third-order valence-corrected chi connectivity index (χ3v) is 5.38. The van der Waals surface area contributed by atoms with Crippen molar-refractivity contribution in [2.24, 2.45) is 0 Å². The lowest BCUT2D eigenvalue weighted by Gasteiger charge is -2.21. The number of urea groups is 1. The maximum absolute atomic E-state index is 12.6. The zero-order valence-electron chi connectivity index (χ0n) is 15.5. The topological polar surface area (TPSA) is 69.7 Å². The van der Waals surface area contributed by atoms with Crippen molar-refractivity contribution in [3.05, 3.63) is 35.4 Å². The molecule has 28 heavy (non-hydrogen) atoms. The van der Waals surface area contributed by atoms with E-state index in [4.69, 9.17) is 0 Å². The Hall–Kier alpha value is -2.58. The van der Waals surface area contributed by atoms with Gasteiger partial charge in [-0.2, -0.15) is 13.2 Å². The zero-order chi connectivity index (χ0) is 20.5. The van der Waals surface area contributed by atoms with Crippen LogP contribution in [0.15, 0.2) is 24.3 Å². The molecule has 6 nitrogen and oxygen atoms in total. The fourth-order valence-corrected chi connectivity index (χ4v) is 3.76. The molecule has 0 atom stereocenters. The second kappa shape index (κ2) is 7.44. The summed E-state index contributed by atoms with van der Waals surface area (Å²) in [6.45, 7) is 0.129. The molecule has 4 amide bonds. The van der Waals surface area contributed by atoms with E-state index in [9.17, 15) is 27.6 Å². The quantitative estimate of drug-likeness (QED) is 0.777. The number of carbonyl (C=O) groups excluding carboxylic acids is 3. The summed E-state index contributed by atoms with van der Waals surface area (Å²) >= 11 is 0. The Kier molecular flexibility index (Phi) is 5.36. The molecule has 3 rings (SSSR count). The van der Waals surface area contributed by atoms with Crippen molar-refractivity contribution < 1.29 is 27.6 Å². The van der Waals surface area contributed by atoms with Crippen LogP contribution in [0.5, 0.6) is 0 Å². The SMILES string of the molecule is CN(Cc1ccc(C(F)(F)F)cc1)C(=O)CCN1C(=O)NC2(CCCC2)C1=O. The summed E-state index contributed by atoms with van der Waals surface area (Å²) in [6.07, 6.45) is -1.43. The van der Waals surface area contributed by atoms with E-state index in [2.05, 4.69) is 5.32 Å². The largest absolute Gasteiger partial charge is 0.416 e. The molecular formula is C19H22F3N3O3. The molecule has 2 aliphatic rings. The molecule has 2 fully saturated rings. The average molecular weight is 397 g/mol. The van der Waals surface area contributed by atoms with Crippen LogP contribution in [0.2, 0.25) is 0 Å². The summed E-state index contributed by atoms with van der Waals surface area (Å²) < 4.78 is 37.8. The van der Waals surface area contributed by atoms with E-state index in [1.54, 1.807) is 0 Å². The Labute approximate surface area is 160 Å². The van der Waals surface area contributed by atoms with Crippen LogP contribution >= 0.6 is 0 Å². The minimum absolute atomic E-state index is 0.0113. The van der Waals surface area contributed by atoms with Gasteiger partial charge in [-0.1, -0.05) is 25.0 Å². The first kappa shape index (κ1) is 20.2. The maximum Gasteiger partial charge on any atom is 0.416 e. The van der Waals surface area contributed by atoms with Crippen molar-refractivity contribution >= 4 is 17.8 Å². The highest BCUT2D eigenvalue weighted by atomic mass is 19.4. The van der Waals surface area contributed by atoms with Crippen LogP contribution in [-0.2, 0) is 22.3 Å². The standard InChI is InChI=1S/C19H22F3N3O3/c1-24(12-13-4-6-14(7-5-13)19(20,21)22)15(26)8-11-25-16(27)18(23-17(25)28)9-2-3-10-18/h4-7H,2-3,8-12H2,1H3,(H,23,28). The van der Waals surface area contributed by atoms with Crippen LogP contribution in [0.4, 0.5) is 18.0 Å². The Morgan fingerprint density at radius 3 is 2.36 bits per heavy atom. The molecular weight excluding hydrogens is 375 g/mol. The molecule has 1 aromatic rings. The van der Waals surface area contributed by atoms with Crippen molar-refractivity contribution in [2.75, 3.05) is 13.6 Å². The fraction of sp³-hybridized carbons (Fsp3) is 0.526. The first-order chi connectivity index (χ1) is 13.1. The summed E-state index contributed by atoms with van der Waals surface area (Å²) in [4.78, 5) is 39.5. The van der Waals surface area contributed by atoms with E-state index in [0.29, 0.717) is 18.4 Å². The van der Waals surface area contributed by atoms with Gasteiger partial charge in [-0.25, -0.2) is 4.79 Å². The highest BCUT2D eigenvalue weighted by molar-refractivity contribution is 6.07. The number of imide groups is 1. The molecule has 1 saturated carbocycles. The van der Waals surface area contributed by atoms with Crippen molar-refractivity contribution in [1.29, 1.82) is 0 Å². The lowest BCUT2D eigenvalue weighted by atomic mass is 9.98. The molecule has 152 valence electrons. The second-order valence-corrected chi connectivity index (χ2v) is 7.37. The van der Waals surface area contributed by atoms with Crippen LogP contribution in [0.1, 0.15) is 43.2 Å². The van der Waals surface area contributed by atoms with E-state index in [0.717, 1.165) is 29.9 Å². The molecule has 0 bridgehead atoms. The Morgan fingerprint density at radius 1 is 1.18 bits per heavy atom. The minimum atomic E-state index is -4.40. The van der Waals surface area contributed by atoms with Crippen LogP contribution in [0.25, 0.3) is 0 Å². The summed E-state index contributed by atoms with van der Waals surface area (Å²) in [6, 6.07) is 4.14.